The van der Waals surface area contributed by atoms with Crippen molar-refractivity contribution in [3.05, 3.63) is 5.82 Å². The molecule has 1 heterocycles. The highest BCUT2D eigenvalue weighted by molar-refractivity contribution is 7.99. The molecule has 100 valence electrons. The summed E-state index contributed by atoms with van der Waals surface area (Å²) in [5.74, 6) is 0.870. The predicted molar refractivity (Wildman–Crippen MR) is 66.8 cm³/mol. The van der Waals surface area contributed by atoms with Gasteiger partial charge in [-0.1, -0.05) is 11.8 Å². The molecule has 0 bridgehead atoms. The quantitative estimate of drug-likeness (QED) is 0.605. The lowest BCUT2D eigenvalue weighted by Gasteiger charge is -2.03. The number of nitrogens with two attached hydrogens (primary N) is 1. The number of hydrogen-bond acceptors (Lipinski definition) is 6. The molecule has 8 nitrogen and oxygen atoms in total. The second kappa shape index (κ2) is 6.97. The lowest BCUT2D eigenvalue weighted by atomic mass is 10.4. The number of thioether (sulfide) groups is 1. The van der Waals surface area contributed by atoms with Crippen molar-refractivity contribution in [3.63, 3.8) is 0 Å². The van der Waals surface area contributed by atoms with Crippen LogP contribution in [0, 0.1) is 0 Å². The highest BCUT2D eigenvalue weighted by atomic mass is 32.2. The number of carbonyl (C=O) groups excluding carboxylic acids is 2. The molecule has 0 aromatic carbocycles. The fraction of sp³-hybridized carbons (Fsp3) is 0.556. The molecule has 0 aliphatic heterocycles. The third-order valence-electron chi connectivity index (χ3n) is 2.15. The third-order valence-corrected chi connectivity index (χ3v) is 3.17. The summed E-state index contributed by atoms with van der Waals surface area (Å²) in [6, 6.07) is -0.505. The molecule has 3 amide bonds. The lowest BCUT2D eigenvalue weighted by Crippen LogP contribution is -2.37. The molecule has 1 aromatic heterocycles. The minimum Gasteiger partial charge on any atom is -0.341 e. The highest BCUT2D eigenvalue weighted by Crippen LogP contribution is 2.16. The molecule has 0 atom stereocenters. The first kappa shape index (κ1) is 14.5. The number of rotatable bonds is 5. The van der Waals surface area contributed by atoms with E-state index in [4.69, 9.17) is 5.73 Å². The Kier molecular flexibility index (Phi) is 5.59. The number of imide groups is 1. The van der Waals surface area contributed by atoms with E-state index in [1.54, 1.807) is 4.57 Å². The third kappa shape index (κ3) is 4.00. The Morgan fingerprint density at radius 1 is 1.44 bits per heavy atom. The fourth-order valence-electron chi connectivity index (χ4n) is 1.14. The Bertz CT molecular complexity index is 433. The van der Waals surface area contributed by atoms with Gasteiger partial charge in [0.05, 0.1) is 6.54 Å². The average molecular weight is 272 g/mol. The van der Waals surface area contributed by atoms with Crippen molar-refractivity contribution in [1.82, 2.24) is 25.4 Å². The van der Waals surface area contributed by atoms with Gasteiger partial charge in [0.15, 0.2) is 5.16 Å². The van der Waals surface area contributed by atoms with Crippen LogP contribution in [0.25, 0.3) is 0 Å². The Balaban J connectivity index is 2.35. The van der Waals surface area contributed by atoms with Crippen molar-refractivity contribution < 1.29 is 9.59 Å². The molecule has 4 N–H and O–H groups in total. The molecular formula is C9H16N6O2S. The maximum absolute atomic E-state index is 11.3. The summed E-state index contributed by atoms with van der Waals surface area (Å²) in [6.07, 6.45) is 0.225. The van der Waals surface area contributed by atoms with Crippen LogP contribution in [0.3, 0.4) is 0 Å². The van der Waals surface area contributed by atoms with Crippen molar-refractivity contribution in [3.8, 4) is 0 Å². The van der Waals surface area contributed by atoms with E-state index in [-0.39, 0.29) is 12.3 Å². The molecule has 0 aliphatic rings. The van der Waals surface area contributed by atoms with Gasteiger partial charge in [-0.2, -0.15) is 0 Å². The van der Waals surface area contributed by atoms with Crippen molar-refractivity contribution in [2.45, 2.75) is 18.1 Å². The zero-order valence-electron chi connectivity index (χ0n) is 10.3. The van der Waals surface area contributed by atoms with Crippen molar-refractivity contribution in [2.24, 2.45) is 12.8 Å². The van der Waals surface area contributed by atoms with Gasteiger partial charge in [-0.25, -0.2) is 4.79 Å². The largest absolute Gasteiger partial charge is 0.341 e. The number of urea groups is 1. The van der Waals surface area contributed by atoms with Crippen LogP contribution in [-0.4, -0.2) is 39.5 Å². The van der Waals surface area contributed by atoms with Gasteiger partial charge in [0.25, 0.3) is 0 Å². The second-order valence-electron chi connectivity index (χ2n) is 3.39. The van der Waals surface area contributed by atoms with Crippen molar-refractivity contribution >= 4 is 23.7 Å². The van der Waals surface area contributed by atoms with Crippen LogP contribution in [0.5, 0.6) is 0 Å². The second-order valence-corrected chi connectivity index (χ2v) is 4.45. The average Bonchev–Trinajstić information content (AvgIpc) is 2.70. The number of hydrogen-bond donors (Lipinski definition) is 3. The molecule has 18 heavy (non-hydrogen) atoms. The maximum Gasteiger partial charge on any atom is 0.321 e. The first-order chi connectivity index (χ1) is 8.58. The van der Waals surface area contributed by atoms with E-state index in [1.165, 1.54) is 18.8 Å². The van der Waals surface area contributed by atoms with Gasteiger partial charge < -0.3 is 15.6 Å². The summed E-state index contributed by atoms with van der Waals surface area (Å²) in [6.45, 7) is 0.321. The summed E-state index contributed by atoms with van der Waals surface area (Å²) in [4.78, 5) is 22.2. The Hall–Kier alpha value is -1.61. The van der Waals surface area contributed by atoms with E-state index in [1.807, 2.05) is 7.05 Å². The van der Waals surface area contributed by atoms with Crippen molar-refractivity contribution in [1.29, 1.82) is 0 Å². The summed E-state index contributed by atoms with van der Waals surface area (Å²) in [5, 5.41) is 13.0. The van der Waals surface area contributed by atoms with Gasteiger partial charge in [-0.3, -0.25) is 10.1 Å². The summed E-state index contributed by atoms with van der Waals surface area (Å²) >= 11 is 1.39. The van der Waals surface area contributed by atoms with Gasteiger partial charge in [-0.05, 0) is 0 Å². The molecule has 0 unspecified atom stereocenters. The van der Waals surface area contributed by atoms with Crippen molar-refractivity contribution in [2.75, 3.05) is 12.8 Å². The summed E-state index contributed by atoms with van der Waals surface area (Å²) in [7, 11) is 3.26. The van der Waals surface area contributed by atoms with E-state index < -0.39 is 6.03 Å². The number of nitrogens with one attached hydrogen (secondary N) is 2. The Labute approximate surface area is 109 Å². The fourth-order valence-corrected chi connectivity index (χ4v) is 2.00. The molecule has 0 saturated carbocycles. The summed E-state index contributed by atoms with van der Waals surface area (Å²) < 4.78 is 1.78. The molecule has 1 aromatic rings. The molecular weight excluding hydrogens is 256 g/mol. The number of amides is 3. The first-order valence-electron chi connectivity index (χ1n) is 5.31. The number of aromatic nitrogens is 3. The zero-order valence-corrected chi connectivity index (χ0v) is 11.1. The number of carbonyl (C=O) groups is 2. The number of nitrogens with zero attached hydrogens (tertiary/aromatic N) is 3. The van der Waals surface area contributed by atoms with Gasteiger partial charge >= 0.3 is 6.03 Å². The highest BCUT2D eigenvalue weighted by Gasteiger charge is 2.10. The molecule has 0 spiro atoms. The SMILES string of the molecule is CNC(=O)NC(=O)CCSc1nnc(CN)n1C. The molecule has 0 fully saturated rings. The van der Waals surface area contributed by atoms with Gasteiger partial charge in [-0.15, -0.1) is 10.2 Å². The molecule has 1 rings (SSSR count). The lowest BCUT2D eigenvalue weighted by molar-refractivity contribution is -0.119. The van der Waals surface area contributed by atoms with Crippen LogP contribution >= 0.6 is 11.8 Å². The monoisotopic (exact) mass is 272 g/mol. The minimum absolute atomic E-state index is 0.225. The Morgan fingerprint density at radius 3 is 2.72 bits per heavy atom. The Morgan fingerprint density at radius 2 is 2.17 bits per heavy atom. The van der Waals surface area contributed by atoms with Gasteiger partial charge in [0.2, 0.25) is 5.91 Å². The standard InChI is InChI=1S/C9H16N6O2S/c1-11-8(17)12-7(16)3-4-18-9-14-13-6(5-10)15(9)2/h3-5,10H2,1-2H3,(H2,11,12,16,17). The van der Waals surface area contributed by atoms with E-state index in [0.717, 1.165) is 0 Å². The smallest absolute Gasteiger partial charge is 0.321 e. The van der Waals surface area contributed by atoms with Gasteiger partial charge in [0, 0.05) is 26.3 Å². The van der Waals surface area contributed by atoms with E-state index in [2.05, 4.69) is 20.8 Å². The first-order valence-corrected chi connectivity index (χ1v) is 6.29. The minimum atomic E-state index is -0.505. The molecule has 9 heteroatoms. The summed E-state index contributed by atoms with van der Waals surface area (Å²) in [5.41, 5.74) is 5.47. The van der Waals surface area contributed by atoms with E-state index in [9.17, 15) is 9.59 Å². The van der Waals surface area contributed by atoms with Gasteiger partial charge in [0.1, 0.15) is 5.82 Å². The normalized spacial score (nSPS) is 10.2. The molecule has 0 aliphatic carbocycles. The molecule has 0 saturated heterocycles. The van der Waals surface area contributed by atoms with E-state index in [0.29, 0.717) is 23.3 Å². The molecule has 0 radical (unpaired) electrons. The topological polar surface area (TPSA) is 115 Å². The van der Waals surface area contributed by atoms with Crippen LogP contribution in [0.2, 0.25) is 0 Å². The maximum atomic E-state index is 11.3. The zero-order chi connectivity index (χ0) is 13.5. The van der Waals surface area contributed by atoms with Crippen LogP contribution < -0.4 is 16.4 Å². The van der Waals surface area contributed by atoms with E-state index >= 15 is 0 Å². The van der Waals surface area contributed by atoms with Crippen LogP contribution in [0.1, 0.15) is 12.2 Å². The predicted octanol–water partition coefficient (Wildman–Crippen LogP) is -0.788. The van der Waals surface area contributed by atoms with Crippen LogP contribution in [0.4, 0.5) is 4.79 Å². The van der Waals surface area contributed by atoms with Crippen LogP contribution in [-0.2, 0) is 18.4 Å². The van der Waals surface area contributed by atoms with Crippen LogP contribution in [0.15, 0.2) is 5.16 Å².